The number of nitrogens with zero attached hydrogens (tertiary/aromatic N) is 1. The fourth-order valence-electron chi connectivity index (χ4n) is 4.85. The van der Waals surface area contributed by atoms with Crippen LogP contribution in [0.2, 0.25) is 30.1 Å². The van der Waals surface area contributed by atoms with Crippen molar-refractivity contribution >= 4 is 81.5 Å². The second-order valence-corrected chi connectivity index (χ2v) is 12.7. The van der Waals surface area contributed by atoms with E-state index in [2.05, 4.69) is 29.2 Å². The van der Waals surface area contributed by atoms with Crippen molar-refractivity contribution in [2.24, 2.45) is 0 Å². The van der Waals surface area contributed by atoms with Crippen LogP contribution in [0.25, 0.3) is 0 Å². The summed E-state index contributed by atoms with van der Waals surface area (Å²) in [5.74, 6) is -1.27. The number of halogens is 6. The number of carbonyl (C=O) groups excluding carboxylic acids is 2. The quantitative estimate of drug-likeness (QED) is 0.0956. The highest BCUT2D eigenvalue weighted by molar-refractivity contribution is 6.42. The van der Waals surface area contributed by atoms with E-state index in [1.807, 2.05) is 36.4 Å². The molecule has 11 heteroatoms. The van der Waals surface area contributed by atoms with Gasteiger partial charge in [0.25, 0.3) is 0 Å². The van der Waals surface area contributed by atoms with Crippen molar-refractivity contribution in [1.29, 1.82) is 0 Å². The largest absolute Gasteiger partial charge is 0.462 e. The maximum absolute atomic E-state index is 12.9. The van der Waals surface area contributed by atoms with E-state index >= 15 is 0 Å². The second-order valence-electron chi connectivity index (χ2n) is 10.2. The zero-order valence-electron chi connectivity index (χ0n) is 24.0. The van der Waals surface area contributed by atoms with Gasteiger partial charge in [-0.3, -0.25) is 4.90 Å². The molecule has 45 heavy (non-hydrogen) atoms. The van der Waals surface area contributed by atoms with E-state index in [0.717, 1.165) is 11.1 Å². The molecule has 0 heterocycles. The van der Waals surface area contributed by atoms with Crippen molar-refractivity contribution < 1.29 is 19.1 Å². The molecule has 0 aliphatic rings. The van der Waals surface area contributed by atoms with E-state index < -0.39 is 11.9 Å². The normalized spacial score (nSPS) is 11.8. The lowest BCUT2D eigenvalue weighted by molar-refractivity contribution is 0.0408. The van der Waals surface area contributed by atoms with Gasteiger partial charge in [0.15, 0.2) is 0 Å². The molecule has 0 radical (unpaired) electrons. The van der Waals surface area contributed by atoms with Crippen LogP contribution in [0.5, 0.6) is 0 Å². The maximum Gasteiger partial charge on any atom is 0.341 e. The summed E-state index contributed by atoms with van der Waals surface area (Å²) in [6.07, 6.45) is 1.66. The summed E-state index contributed by atoms with van der Waals surface area (Å²) < 4.78 is 11.2. The van der Waals surface area contributed by atoms with Crippen LogP contribution in [0.1, 0.15) is 51.1 Å². The first-order chi connectivity index (χ1) is 21.6. The average Bonchev–Trinajstić information content (AvgIpc) is 2.98. The van der Waals surface area contributed by atoms with Crippen molar-refractivity contribution in [2.75, 3.05) is 13.2 Å². The van der Waals surface area contributed by atoms with E-state index in [-0.39, 0.29) is 50.5 Å². The van der Waals surface area contributed by atoms with E-state index in [4.69, 9.17) is 79.1 Å². The Hall–Kier alpha value is -2.48. The number of hydrogen-bond acceptors (Lipinski definition) is 5. The first kappa shape index (κ1) is 35.4. The molecule has 0 saturated heterocycles. The molecule has 1 atom stereocenters. The molecule has 5 nitrogen and oxygen atoms in total. The van der Waals surface area contributed by atoms with Crippen LogP contribution in [-0.2, 0) is 22.6 Å². The Bertz CT molecular complexity index is 1520. The fourth-order valence-corrected chi connectivity index (χ4v) is 6.79. The molecule has 0 bridgehead atoms. The molecule has 0 fully saturated rings. The molecule has 4 rings (SSSR count). The van der Waals surface area contributed by atoms with Gasteiger partial charge in [0, 0.05) is 29.2 Å². The summed E-state index contributed by atoms with van der Waals surface area (Å²) in [4.78, 5) is 28.1. The number of ether oxygens (including phenoxy) is 2. The Kier molecular flexibility index (Phi) is 13.7. The number of hydrogen-bond donors (Lipinski definition) is 0. The first-order valence-electron chi connectivity index (χ1n) is 14.1. The number of rotatable bonds is 14. The van der Waals surface area contributed by atoms with Crippen LogP contribution in [0.3, 0.4) is 0 Å². The summed E-state index contributed by atoms with van der Waals surface area (Å²) >= 11 is 36.9. The van der Waals surface area contributed by atoms with Crippen molar-refractivity contribution in [3.8, 4) is 0 Å². The smallest absolute Gasteiger partial charge is 0.341 e. The molecule has 0 aromatic heterocycles. The number of carbonyl (C=O) groups is 2. The van der Waals surface area contributed by atoms with Crippen molar-refractivity contribution in [2.45, 2.75) is 38.4 Å². The SMILES string of the molecule is O=C(OCCC[C@H](CCOC(=O)c1c(Cl)cc(Cl)cc1Cl)N(Cc1ccccc1)Cc1ccccc1)c1c(Cl)cc(Cl)cc1Cl. The Labute approximate surface area is 292 Å². The molecule has 0 spiro atoms. The third-order valence-electron chi connectivity index (χ3n) is 6.99. The average molecular weight is 728 g/mol. The summed E-state index contributed by atoms with van der Waals surface area (Å²) in [6, 6.07) is 25.9. The predicted octanol–water partition coefficient (Wildman–Crippen LogP) is 10.9. The van der Waals surface area contributed by atoms with Gasteiger partial charge >= 0.3 is 11.9 Å². The number of esters is 2. The van der Waals surface area contributed by atoms with E-state index in [9.17, 15) is 9.59 Å². The summed E-state index contributed by atoms with van der Waals surface area (Å²) in [5, 5.41) is 1.12. The van der Waals surface area contributed by atoms with Crippen LogP contribution in [0, 0.1) is 0 Å². The highest BCUT2D eigenvalue weighted by atomic mass is 35.5. The minimum absolute atomic E-state index is 0.0595. The second kappa shape index (κ2) is 17.4. The first-order valence-corrected chi connectivity index (χ1v) is 16.3. The minimum atomic E-state index is -0.635. The molecule has 0 unspecified atom stereocenters. The Morgan fingerprint density at radius 2 is 0.978 bits per heavy atom. The van der Waals surface area contributed by atoms with Gasteiger partial charge in [-0.05, 0) is 54.7 Å². The highest BCUT2D eigenvalue weighted by Gasteiger charge is 2.23. The third-order valence-corrected chi connectivity index (χ3v) is 8.62. The molecule has 0 N–H and O–H groups in total. The van der Waals surface area contributed by atoms with Crippen LogP contribution in [0.15, 0.2) is 84.9 Å². The zero-order valence-corrected chi connectivity index (χ0v) is 28.5. The third kappa shape index (κ3) is 10.5. The van der Waals surface area contributed by atoms with E-state index in [1.165, 1.54) is 24.3 Å². The van der Waals surface area contributed by atoms with Crippen molar-refractivity contribution in [1.82, 2.24) is 4.90 Å². The lowest BCUT2D eigenvalue weighted by Gasteiger charge is -2.32. The van der Waals surface area contributed by atoms with Gasteiger partial charge in [-0.1, -0.05) is 130 Å². The number of benzene rings is 4. The van der Waals surface area contributed by atoms with Gasteiger partial charge in [0.2, 0.25) is 0 Å². The molecule has 4 aromatic rings. The van der Waals surface area contributed by atoms with Crippen molar-refractivity contribution in [3.63, 3.8) is 0 Å². The molecule has 4 aromatic carbocycles. The highest BCUT2D eigenvalue weighted by Crippen LogP contribution is 2.31. The van der Waals surface area contributed by atoms with Gasteiger partial charge in [-0.2, -0.15) is 0 Å². The monoisotopic (exact) mass is 725 g/mol. The summed E-state index contributed by atoms with van der Waals surface area (Å²) in [7, 11) is 0. The fraction of sp³-hybridized carbons (Fsp3) is 0.235. The van der Waals surface area contributed by atoms with Gasteiger partial charge in [0.05, 0.1) is 44.4 Å². The topological polar surface area (TPSA) is 55.8 Å². The summed E-state index contributed by atoms with van der Waals surface area (Å²) in [5.41, 5.74) is 2.40. The minimum Gasteiger partial charge on any atom is -0.462 e. The van der Waals surface area contributed by atoms with E-state index in [1.54, 1.807) is 0 Å². The van der Waals surface area contributed by atoms with Crippen LogP contribution < -0.4 is 0 Å². The molecular formula is C34H29Cl6NO4. The van der Waals surface area contributed by atoms with Gasteiger partial charge in [-0.15, -0.1) is 0 Å². The van der Waals surface area contributed by atoms with Crippen LogP contribution in [-0.4, -0.2) is 36.1 Å². The van der Waals surface area contributed by atoms with Crippen LogP contribution in [0.4, 0.5) is 0 Å². The van der Waals surface area contributed by atoms with Crippen molar-refractivity contribution in [3.05, 3.63) is 137 Å². The molecule has 236 valence electrons. The Morgan fingerprint density at radius 3 is 1.40 bits per heavy atom. The van der Waals surface area contributed by atoms with Gasteiger partial charge < -0.3 is 9.47 Å². The molecule has 0 amide bonds. The standard InChI is InChI=1S/C34H29Cl6NO4/c35-24-16-27(37)31(28(38)17-24)33(42)44-14-7-12-26(13-15-45-34(43)32-29(39)18-25(36)19-30(32)40)41(20-22-8-3-1-4-9-22)21-23-10-5-2-6-11-23/h1-6,8-11,16-19,26H,7,12-15,20-21H2/t26-/m1/s1. The van der Waals surface area contributed by atoms with Gasteiger partial charge in [-0.25, -0.2) is 9.59 Å². The lowest BCUT2D eigenvalue weighted by atomic mass is 10.0. The zero-order chi connectivity index (χ0) is 32.3. The van der Waals surface area contributed by atoms with Gasteiger partial charge in [0.1, 0.15) is 0 Å². The molecule has 0 saturated carbocycles. The van der Waals surface area contributed by atoms with Crippen LogP contribution >= 0.6 is 69.6 Å². The summed E-state index contributed by atoms with van der Waals surface area (Å²) in [6.45, 7) is 1.54. The van der Waals surface area contributed by atoms with E-state index in [0.29, 0.717) is 42.4 Å². The predicted molar refractivity (Wildman–Crippen MR) is 183 cm³/mol. The molecule has 0 aliphatic carbocycles. The Balaban J connectivity index is 1.48. The lowest BCUT2D eigenvalue weighted by Crippen LogP contribution is -2.36. The Morgan fingerprint density at radius 1 is 0.578 bits per heavy atom. The maximum atomic E-state index is 12.9. The molecular weight excluding hydrogens is 699 g/mol. The molecule has 0 aliphatic heterocycles.